The topological polar surface area (TPSA) is 43.1 Å². The molecule has 2 aromatic heterocycles. The van der Waals surface area contributed by atoms with Gasteiger partial charge in [-0.15, -0.1) is 22.7 Å². The number of rotatable bonds is 3. The smallest absolute Gasteiger partial charge is 0.235 e. The van der Waals surface area contributed by atoms with Crippen molar-refractivity contribution in [3.8, 4) is 10.4 Å². The molecule has 2 heterocycles. The third kappa shape index (κ3) is 2.51. The van der Waals surface area contributed by atoms with E-state index in [2.05, 4.69) is 0 Å². The summed E-state index contributed by atoms with van der Waals surface area (Å²) in [5.74, 6) is 0. The highest BCUT2D eigenvalue weighted by molar-refractivity contribution is 7.15. The molecule has 0 unspecified atom stereocenters. The summed E-state index contributed by atoms with van der Waals surface area (Å²) in [6.45, 7) is 0. The first-order valence-corrected chi connectivity index (χ1v) is 5.96. The van der Waals surface area contributed by atoms with Crippen LogP contribution in [0.2, 0.25) is 0 Å². The van der Waals surface area contributed by atoms with E-state index in [4.69, 9.17) is 0 Å². The molecule has 0 aliphatic rings. The maximum absolute atomic E-state index is 10.1. The first-order chi connectivity index (χ1) is 7.25. The molecule has 5 heteroatoms. The summed E-state index contributed by atoms with van der Waals surface area (Å²) in [5.41, 5.74) is 1.12. The zero-order chi connectivity index (χ0) is 10.7. The Morgan fingerprint density at radius 3 is 2.93 bits per heavy atom. The van der Waals surface area contributed by atoms with E-state index in [1.807, 2.05) is 29.0 Å². The van der Waals surface area contributed by atoms with E-state index in [1.165, 1.54) is 22.3 Å². The average molecular weight is 237 g/mol. The molecule has 0 N–H and O–H groups in total. The van der Waals surface area contributed by atoms with Crippen molar-refractivity contribution in [1.29, 1.82) is 0 Å². The molecule has 0 fully saturated rings. The van der Waals surface area contributed by atoms with Gasteiger partial charge >= 0.3 is 0 Å². The summed E-state index contributed by atoms with van der Waals surface area (Å²) in [4.78, 5) is 11.8. The maximum Gasteiger partial charge on any atom is 0.235 e. The lowest BCUT2D eigenvalue weighted by atomic mass is 10.2. The molecule has 3 nitrogen and oxygen atoms in total. The Hall–Kier alpha value is -1.46. The van der Waals surface area contributed by atoms with Crippen LogP contribution < -0.4 is 0 Å². The van der Waals surface area contributed by atoms with E-state index in [1.54, 1.807) is 11.3 Å². The van der Waals surface area contributed by atoms with Crippen LogP contribution in [0.25, 0.3) is 16.5 Å². The first-order valence-electron chi connectivity index (χ1n) is 4.20. The van der Waals surface area contributed by atoms with Crippen LogP contribution in [-0.4, -0.2) is 4.92 Å². The molecule has 0 saturated carbocycles. The van der Waals surface area contributed by atoms with Crippen LogP contribution in [0.4, 0.5) is 0 Å². The predicted molar refractivity (Wildman–Crippen MR) is 63.7 cm³/mol. The quantitative estimate of drug-likeness (QED) is 0.603. The fourth-order valence-corrected chi connectivity index (χ4v) is 2.73. The minimum absolute atomic E-state index is 0.454. The van der Waals surface area contributed by atoms with Crippen LogP contribution in [0, 0.1) is 10.1 Å². The minimum atomic E-state index is -0.454. The number of hydrogen-bond acceptors (Lipinski definition) is 4. The highest BCUT2D eigenvalue weighted by Gasteiger charge is 2.01. The lowest BCUT2D eigenvalue weighted by Gasteiger charge is -1.86. The van der Waals surface area contributed by atoms with Crippen molar-refractivity contribution in [2.24, 2.45) is 0 Å². The molecule has 0 aliphatic heterocycles. The van der Waals surface area contributed by atoms with Gasteiger partial charge in [-0.1, -0.05) is 6.07 Å². The van der Waals surface area contributed by atoms with Gasteiger partial charge in [0.15, 0.2) is 0 Å². The van der Waals surface area contributed by atoms with Crippen LogP contribution in [0.15, 0.2) is 35.2 Å². The third-order valence-corrected chi connectivity index (χ3v) is 3.60. The molecule has 0 aromatic carbocycles. The summed E-state index contributed by atoms with van der Waals surface area (Å²) in [6.07, 6.45) is 2.48. The molecule has 0 amide bonds. The van der Waals surface area contributed by atoms with Crippen molar-refractivity contribution in [3.05, 3.63) is 50.2 Å². The fourth-order valence-electron chi connectivity index (χ4n) is 1.15. The van der Waals surface area contributed by atoms with Gasteiger partial charge < -0.3 is 0 Å². The Labute approximate surface area is 94.5 Å². The van der Waals surface area contributed by atoms with Crippen LogP contribution >= 0.6 is 22.7 Å². The van der Waals surface area contributed by atoms with Gasteiger partial charge in [-0.2, -0.15) is 0 Å². The Bertz CT molecular complexity index is 485. The van der Waals surface area contributed by atoms with Gasteiger partial charge in [-0.3, -0.25) is 10.1 Å². The average Bonchev–Trinajstić information content (AvgIpc) is 2.85. The summed E-state index contributed by atoms with van der Waals surface area (Å²) in [6, 6.07) is 5.98. The lowest BCUT2D eigenvalue weighted by Crippen LogP contribution is -1.80. The zero-order valence-corrected chi connectivity index (χ0v) is 9.25. The second-order valence-corrected chi connectivity index (χ2v) is 4.71. The molecule has 2 aromatic rings. The summed E-state index contributed by atoms with van der Waals surface area (Å²) in [7, 11) is 0. The Balaban J connectivity index is 2.21. The third-order valence-electron chi connectivity index (χ3n) is 1.79. The minimum Gasteiger partial charge on any atom is -0.259 e. The maximum atomic E-state index is 10.1. The van der Waals surface area contributed by atoms with E-state index in [0.717, 1.165) is 16.6 Å². The normalized spacial score (nSPS) is 10.9. The van der Waals surface area contributed by atoms with Crippen LogP contribution in [0.5, 0.6) is 0 Å². The highest BCUT2D eigenvalue weighted by Crippen LogP contribution is 2.29. The van der Waals surface area contributed by atoms with Crippen LogP contribution in [0.1, 0.15) is 4.88 Å². The molecule has 0 saturated heterocycles. The summed E-state index contributed by atoms with van der Waals surface area (Å²) < 4.78 is 0. The molecule has 0 bridgehead atoms. The molecular weight excluding hydrogens is 230 g/mol. The van der Waals surface area contributed by atoms with E-state index >= 15 is 0 Å². The molecule has 0 aliphatic carbocycles. The van der Waals surface area contributed by atoms with Gasteiger partial charge in [0.2, 0.25) is 6.20 Å². The van der Waals surface area contributed by atoms with Crippen molar-refractivity contribution in [2.75, 3.05) is 0 Å². The van der Waals surface area contributed by atoms with E-state index in [-0.39, 0.29) is 0 Å². The molecule has 0 radical (unpaired) electrons. The molecular formula is C10H7NO2S2. The lowest BCUT2D eigenvalue weighted by molar-refractivity contribution is -0.400. The monoisotopic (exact) mass is 237 g/mol. The first kappa shape index (κ1) is 10.1. The molecule has 0 spiro atoms. The predicted octanol–water partition coefficient (Wildman–Crippen LogP) is 3.72. The van der Waals surface area contributed by atoms with E-state index in [9.17, 15) is 10.1 Å². The van der Waals surface area contributed by atoms with Gasteiger partial charge in [-0.05, 0) is 22.9 Å². The SMILES string of the molecule is O=[N+]([O-])C=Cc1cc(-c2cccs2)cs1. The van der Waals surface area contributed by atoms with Gasteiger partial charge in [0.05, 0.1) is 4.92 Å². The van der Waals surface area contributed by atoms with E-state index < -0.39 is 4.92 Å². The fraction of sp³-hybridized carbons (Fsp3) is 0. The zero-order valence-electron chi connectivity index (χ0n) is 7.62. The standard InChI is InChI=1S/C10H7NO2S2/c12-11(13)4-3-9-6-8(7-15-9)10-2-1-5-14-10/h1-7H. The molecule has 15 heavy (non-hydrogen) atoms. The van der Waals surface area contributed by atoms with Gasteiger partial charge in [0, 0.05) is 21.4 Å². The molecule has 76 valence electrons. The van der Waals surface area contributed by atoms with Gasteiger partial charge in [0.1, 0.15) is 0 Å². The Morgan fingerprint density at radius 2 is 2.27 bits per heavy atom. The van der Waals surface area contributed by atoms with Crippen molar-refractivity contribution in [3.63, 3.8) is 0 Å². The van der Waals surface area contributed by atoms with Crippen molar-refractivity contribution >= 4 is 28.7 Å². The number of nitro groups is 1. The van der Waals surface area contributed by atoms with Gasteiger partial charge in [-0.25, -0.2) is 0 Å². The molecule has 0 atom stereocenters. The second-order valence-electron chi connectivity index (χ2n) is 2.82. The Morgan fingerprint density at radius 1 is 1.40 bits per heavy atom. The molecule has 2 rings (SSSR count). The number of thiophene rings is 2. The highest BCUT2D eigenvalue weighted by atomic mass is 32.1. The number of hydrogen-bond donors (Lipinski definition) is 0. The van der Waals surface area contributed by atoms with Crippen molar-refractivity contribution < 1.29 is 4.92 Å². The van der Waals surface area contributed by atoms with Crippen LogP contribution in [-0.2, 0) is 0 Å². The van der Waals surface area contributed by atoms with E-state index in [0.29, 0.717) is 0 Å². The van der Waals surface area contributed by atoms with Gasteiger partial charge in [0.25, 0.3) is 0 Å². The second kappa shape index (κ2) is 4.37. The van der Waals surface area contributed by atoms with Crippen molar-refractivity contribution in [2.45, 2.75) is 0 Å². The van der Waals surface area contributed by atoms with Crippen LogP contribution in [0.3, 0.4) is 0 Å². The number of nitrogens with zero attached hydrogens (tertiary/aromatic N) is 1. The summed E-state index contributed by atoms with van der Waals surface area (Å²) in [5, 5.41) is 14.2. The summed E-state index contributed by atoms with van der Waals surface area (Å²) >= 11 is 3.17. The largest absolute Gasteiger partial charge is 0.259 e. The Kier molecular flexibility index (Phi) is 2.94. The van der Waals surface area contributed by atoms with Crippen molar-refractivity contribution in [1.82, 2.24) is 0 Å².